The van der Waals surface area contributed by atoms with Crippen LogP contribution in [0.4, 0.5) is 9.18 Å². The maximum Gasteiger partial charge on any atom is 0.496 e. The van der Waals surface area contributed by atoms with Crippen LogP contribution in [0.3, 0.4) is 0 Å². The lowest BCUT2D eigenvalue weighted by Gasteiger charge is -2.38. The van der Waals surface area contributed by atoms with Gasteiger partial charge < -0.3 is 37.6 Å². The highest BCUT2D eigenvalue weighted by Crippen LogP contribution is 2.28. The number of amides is 1. The zero-order valence-corrected chi connectivity index (χ0v) is 28.0. The lowest BCUT2D eigenvalue weighted by atomic mass is 9.47. The monoisotopic (exact) mass is 615 g/mol. The largest absolute Gasteiger partial charge is 0.496 e. The Kier molecular flexibility index (Phi) is 11.0. The first-order chi connectivity index (χ1) is 20.4. The number of hydrogen-bond donors (Lipinski definition) is 0. The summed E-state index contributed by atoms with van der Waals surface area (Å²) in [5, 5.41) is 0. The van der Waals surface area contributed by atoms with E-state index in [2.05, 4.69) is 41.5 Å². The second-order valence-corrected chi connectivity index (χ2v) is 15.6. The van der Waals surface area contributed by atoms with Crippen molar-refractivity contribution in [2.45, 2.75) is 74.3 Å². The number of benzene rings is 1. The Hall–Kier alpha value is -1.89. The molecule has 0 spiro atoms. The number of nitrogens with zero attached hydrogens (tertiary/aromatic N) is 1. The smallest absolute Gasteiger partial charge is 0.444 e. The molecule has 4 aliphatic heterocycles. The first-order valence-electron chi connectivity index (χ1n) is 15.6. The molecular formula is C31H49B3FNO8. The lowest BCUT2D eigenvalue weighted by Crippen LogP contribution is -2.56. The summed E-state index contributed by atoms with van der Waals surface area (Å²) in [4.78, 5) is 13.8. The first kappa shape index (κ1) is 35.0. The molecular weight excluding hydrogens is 566 g/mol. The summed E-state index contributed by atoms with van der Waals surface area (Å²) in [6, 6.07) is 5.14. The molecule has 1 amide bonds. The van der Waals surface area contributed by atoms with Gasteiger partial charge in [0.1, 0.15) is 11.4 Å². The SMILES string of the molecule is CC1(C)COB(B2OCC(C)(C)CO2)OC1.CC1(C)COB(c2ccc(C3=CCN(C(=O)OC(C)(C)C)CC3)cc2F)OC1. The van der Waals surface area contributed by atoms with Crippen LogP contribution in [0, 0.1) is 22.1 Å². The zero-order valence-electron chi connectivity index (χ0n) is 28.0. The molecule has 9 nitrogen and oxygen atoms in total. The predicted molar refractivity (Wildman–Crippen MR) is 171 cm³/mol. The molecule has 1 aromatic rings. The van der Waals surface area contributed by atoms with Crippen LogP contribution in [0.15, 0.2) is 24.3 Å². The highest BCUT2D eigenvalue weighted by molar-refractivity contribution is 7.10. The van der Waals surface area contributed by atoms with E-state index in [4.69, 9.17) is 32.7 Å². The summed E-state index contributed by atoms with van der Waals surface area (Å²) in [6.07, 6.45) is 2.29. The molecule has 0 bridgehead atoms. The summed E-state index contributed by atoms with van der Waals surface area (Å²) in [5.41, 5.74) is 1.87. The molecule has 1 aromatic carbocycles. The van der Waals surface area contributed by atoms with Gasteiger partial charge in [-0.1, -0.05) is 59.8 Å². The molecule has 3 saturated heterocycles. The van der Waals surface area contributed by atoms with Crippen LogP contribution in [0.1, 0.15) is 74.3 Å². The second-order valence-electron chi connectivity index (χ2n) is 15.6. The van der Waals surface area contributed by atoms with Crippen molar-refractivity contribution >= 4 is 38.3 Å². The summed E-state index contributed by atoms with van der Waals surface area (Å²) in [5.74, 6) is -0.335. The minimum absolute atomic E-state index is 0.0557. The minimum atomic E-state index is -0.662. The molecule has 4 aliphatic rings. The fourth-order valence-corrected chi connectivity index (χ4v) is 4.94. The Bertz CT molecular complexity index is 1130. The molecule has 0 unspecified atom stereocenters. The number of rotatable bonds is 3. The van der Waals surface area contributed by atoms with Crippen molar-refractivity contribution in [2.75, 3.05) is 52.7 Å². The van der Waals surface area contributed by atoms with E-state index < -0.39 is 12.7 Å². The molecule has 0 saturated carbocycles. The quantitative estimate of drug-likeness (QED) is 0.449. The highest BCUT2D eigenvalue weighted by Gasteiger charge is 2.47. The van der Waals surface area contributed by atoms with Gasteiger partial charge in [-0.05, 0) is 44.4 Å². The molecule has 0 aromatic heterocycles. The van der Waals surface area contributed by atoms with E-state index in [0.29, 0.717) is 64.6 Å². The van der Waals surface area contributed by atoms with E-state index in [9.17, 15) is 9.18 Å². The van der Waals surface area contributed by atoms with Gasteiger partial charge in [0.05, 0.1) is 0 Å². The van der Waals surface area contributed by atoms with Crippen molar-refractivity contribution in [1.29, 1.82) is 0 Å². The van der Waals surface area contributed by atoms with Crippen molar-refractivity contribution in [3.63, 3.8) is 0 Å². The summed E-state index contributed by atoms with van der Waals surface area (Å²) in [7, 11) is -1.40. The first-order valence-corrected chi connectivity index (χ1v) is 15.6. The molecule has 13 heteroatoms. The van der Waals surface area contributed by atoms with E-state index >= 15 is 0 Å². The van der Waals surface area contributed by atoms with Crippen LogP contribution in [0.5, 0.6) is 0 Å². The van der Waals surface area contributed by atoms with Gasteiger partial charge in [0.15, 0.2) is 0 Å². The zero-order chi connectivity index (χ0) is 32.3. The van der Waals surface area contributed by atoms with Gasteiger partial charge in [0.2, 0.25) is 0 Å². The average Bonchev–Trinajstić information content (AvgIpc) is 2.93. The number of carbonyl (C=O) groups excluding carboxylic acids is 1. The Labute approximate surface area is 263 Å². The summed E-state index contributed by atoms with van der Waals surface area (Å²) < 4.78 is 54.0. The van der Waals surface area contributed by atoms with Crippen LogP contribution >= 0.6 is 0 Å². The topological polar surface area (TPSA) is 84.9 Å². The van der Waals surface area contributed by atoms with Gasteiger partial charge in [-0.15, -0.1) is 0 Å². The average molecular weight is 615 g/mol. The highest BCUT2D eigenvalue weighted by atomic mass is 19.1. The summed E-state index contributed by atoms with van der Waals surface area (Å²) >= 11 is 0. The third-order valence-corrected chi connectivity index (χ3v) is 7.51. The van der Waals surface area contributed by atoms with E-state index in [1.54, 1.807) is 11.0 Å². The Balaban J connectivity index is 0.000000233. The lowest BCUT2D eigenvalue weighted by molar-refractivity contribution is 0.00624. The Morgan fingerprint density at radius 3 is 1.70 bits per heavy atom. The van der Waals surface area contributed by atoms with Gasteiger partial charge in [0, 0.05) is 74.4 Å². The third-order valence-electron chi connectivity index (χ3n) is 7.51. The van der Waals surface area contributed by atoms with Crippen molar-refractivity contribution in [3.05, 3.63) is 35.7 Å². The molecule has 0 atom stereocenters. The number of carbonyl (C=O) groups is 1. The van der Waals surface area contributed by atoms with Crippen molar-refractivity contribution in [3.8, 4) is 0 Å². The van der Waals surface area contributed by atoms with Gasteiger partial charge in [-0.25, -0.2) is 9.18 Å². The van der Waals surface area contributed by atoms with Crippen LogP contribution < -0.4 is 5.46 Å². The molecule has 44 heavy (non-hydrogen) atoms. The van der Waals surface area contributed by atoms with E-state index in [1.807, 2.05) is 32.9 Å². The maximum atomic E-state index is 14.7. The van der Waals surface area contributed by atoms with Gasteiger partial charge in [-0.2, -0.15) is 0 Å². The van der Waals surface area contributed by atoms with Gasteiger partial charge in [-0.3, -0.25) is 0 Å². The maximum absolute atomic E-state index is 14.7. The van der Waals surface area contributed by atoms with Crippen LogP contribution in [-0.4, -0.2) is 90.5 Å². The normalized spacial score (nSPS) is 23.4. The summed E-state index contributed by atoms with van der Waals surface area (Å²) in [6.45, 7) is 22.9. The Morgan fingerprint density at radius 2 is 1.30 bits per heavy atom. The Morgan fingerprint density at radius 1 is 0.818 bits per heavy atom. The van der Waals surface area contributed by atoms with Crippen molar-refractivity contribution in [2.24, 2.45) is 16.2 Å². The minimum Gasteiger partial charge on any atom is -0.444 e. The third kappa shape index (κ3) is 10.1. The number of hydrogen-bond acceptors (Lipinski definition) is 8. The predicted octanol–water partition coefficient (Wildman–Crippen LogP) is 4.81. The van der Waals surface area contributed by atoms with Crippen LogP contribution in [0.2, 0.25) is 0 Å². The number of ether oxygens (including phenoxy) is 1. The van der Waals surface area contributed by atoms with E-state index in [1.165, 1.54) is 6.07 Å². The number of halogens is 1. The molecule has 0 aliphatic carbocycles. The molecule has 5 rings (SSSR count). The van der Waals surface area contributed by atoms with E-state index in [0.717, 1.165) is 11.1 Å². The fourth-order valence-electron chi connectivity index (χ4n) is 4.94. The van der Waals surface area contributed by atoms with Crippen LogP contribution in [-0.2, 0) is 32.7 Å². The van der Waals surface area contributed by atoms with Crippen molar-refractivity contribution < 1.29 is 41.8 Å². The van der Waals surface area contributed by atoms with Crippen LogP contribution in [0.25, 0.3) is 5.57 Å². The van der Waals surface area contributed by atoms with Gasteiger partial charge in [0.25, 0.3) is 0 Å². The standard InChI is InChI=1S/C21H29BFNO4.C10H20B2O4/c1-20(2,3)28-19(25)24-10-8-15(9-11-24)16-6-7-17(18(23)12-16)22-26-13-21(4,5)14-27-22;1-9(2)5-13-11(14-6-9)12-15-7-10(3,4)8-16-12/h6-8,12H,9-11,13-14H2,1-5H3;5-8H2,1-4H3. The molecule has 0 radical (unpaired) electrons. The fraction of sp³-hybridized carbons (Fsp3) is 0.710. The molecule has 242 valence electrons. The van der Waals surface area contributed by atoms with Gasteiger partial charge >= 0.3 is 27.2 Å². The molecule has 4 heterocycles. The van der Waals surface area contributed by atoms with Crippen molar-refractivity contribution in [1.82, 2.24) is 4.90 Å². The molecule has 0 N–H and O–H groups in total. The van der Waals surface area contributed by atoms with E-state index in [-0.39, 0.29) is 42.2 Å². The molecule has 3 fully saturated rings. The second kappa shape index (κ2) is 13.9.